The number of hydrogen-bond donors (Lipinski definition) is 0. The molecular weight excluding hydrogens is 316 g/mol. The molecule has 2 aromatic rings. The van der Waals surface area contributed by atoms with E-state index in [4.69, 9.17) is 0 Å². The number of benzene rings is 1. The van der Waals surface area contributed by atoms with Crippen molar-refractivity contribution in [3.8, 4) is 6.07 Å². The minimum atomic E-state index is 0.242. The van der Waals surface area contributed by atoms with Gasteiger partial charge in [-0.25, -0.2) is 9.97 Å². The van der Waals surface area contributed by atoms with Gasteiger partial charge in [-0.05, 0) is 28.1 Å². The van der Waals surface area contributed by atoms with E-state index in [-0.39, 0.29) is 5.92 Å². The van der Waals surface area contributed by atoms with Crippen LogP contribution in [0.1, 0.15) is 31.2 Å². The van der Waals surface area contributed by atoms with Crippen molar-refractivity contribution < 1.29 is 0 Å². The average Bonchev–Trinajstić information content (AvgIpc) is 2.45. The highest BCUT2D eigenvalue weighted by Crippen LogP contribution is 2.27. The van der Waals surface area contributed by atoms with Crippen LogP contribution in [0.4, 0.5) is 11.5 Å². The SMILES string of the molecule is CC(C)c1nc(Br)cc(N(C)c2ccccc2C#N)n1. The van der Waals surface area contributed by atoms with Crippen molar-refractivity contribution >= 4 is 27.4 Å². The molecule has 0 aliphatic rings. The molecule has 0 aliphatic carbocycles. The molecule has 0 atom stereocenters. The van der Waals surface area contributed by atoms with Crippen LogP contribution in [0.25, 0.3) is 0 Å². The van der Waals surface area contributed by atoms with Crippen LogP contribution in [-0.2, 0) is 0 Å². The summed E-state index contributed by atoms with van der Waals surface area (Å²) >= 11 is 3.41. The molecule has 5 heteroatoms. The molecule has 0 N–H and O–H groups in total. The lowest BCUT2D eigenvalue weighted by Crippen LogP contribution is -2.14. The molecule has 0 aliphatic heterocycles. The van der Waals surface area contributed by atoms with Gasteiger partial charge in [-0.3, -0.25) is 0 Å². The van der Waals surface area contributed by atoms with Crippen LogP contribution in [0.2, 0.25) is 0 Å². The molecule has 4 nitrogen and oxygen atoms in total. The zero-order chi connectivity index (χ0) is 14.7. The lowest BCUT2D eigenvalue weighted by molar-refractivity contribution is 0.767. The molecule has 0 saturated carbocycles. The Morgan fingerprint density at radius 1 is 1.25 bits per heavy atom. The summed E-state index contributed by atoms with van der Waals surface area (Å²) < 4.78 is 0.743. The first-order valence-electron chi connectivity index (χ1n) is 6.30. The van der Waals surface area contributed by atoms with Crippen LogP contribution in [0.5, 0.6) is 0 Å². The van der Waals surface area contributed by atoms with Gasteiger partial charge in [0.15, 0.2) is 0 Å². The lowest BCUT2D eigenvalue weighted by atomic mass is 10.2. The van der Waals surface area contributed by atoms with E-state index < -0.39 is 0 Å². The summed E-state index contributed by atoms with van der Waals surface area (Å²) in [4.78, 5) is 10.8. The van der Waals surface area contributed by atoms with Crippen molar-refractivity contribution in [2.75, 3.05) is 11.9 Å². The zero-order valence-electron chi connectivity index (χ0n) is 11.6. The number of halogens is 1. The largest absolute Gasteiger partial charge is 0.328 e. The number of aromatic nitrogens is 2. The zero-order valence-corrected chi connectivity index (χ0v) is 13.2. The average molecular weight is 331 g/mol. The highest BCUT2D eigenvalue weighted by atomic mass is 79.9. The third-order valence-electron chi connectivity index (χ3n) is 2.94. The number of anilines is 2. The summed E-state index contributed by atoms with van der Waals surface area (Å²) in [6.07, 6.45) is 0. The summed E-state index contributed by atoms with van der Waals surface area (Å²) in [5, 5.41) is 9.19. The van der Waals surface area contributed by atoms with E-state index >= 15 is 0 Å². The molecule has 102 valence electrons. The first-order chi connectivity index (χ1) is 9.52. The molecule has 20 heavy (non-hydrogen) atoms. The Labute approximate surface area is 127 Å². The maximum absolute atomic E-state index is 9.19. The van der Waals surface area contributed by atoms with Crippen LogP contribution < -0.4 is 4.90 Å². The number of para-hydroxylation sites is 1. The molecule has 0 radical (unpaired) electrons. The third kappa shape index (κ3) is 2.97. The van der Waals surface area contributed by atoms with Crippen molar-refractivity contribution in [1.82, 2.24) is 9.97 Å². The molecule has 1 aromatic heterocycles. The standard InChI is InChI=1S/C15H15BrN4/c1-10(2)15-18-13(16)8-14(19-15)20(3)12-7-5-4-6-11(12)9-17/h4-8,10H,1-3H3. The lowest BCUT2D eigenvalue weighted by Gasteiger charge is -2.20. The van der Waals surface area contributed by atoms with Crippen molar-refractivity contribution in [2.24, 2.45) is 0 Å². The van der Waals surface area contributed by atoms with Gasteiger partial charge in [0.25, 0.3) is 0 Å². The van der Waals surface area contributed by atoms with Crippen LogP contribution in [0.3, 0.4) is 0 Å². The molecule has 1 heterocycles. The van der Waals surface area contributed by atoms with Gasteiger partial charge in [0.1, 0.15) is 22.3 Å². The predicted molar refractivity (Wildman–Crippen MR) is 83.0 cm³/mol. The van der Waals surface area contributed by atoms with Gasteiger partial charge in [0, 0.05) is 19.0 Å². The Balaban J connectivity index is 2.48. The van der Waals surface area contributed by atoms with E-state index in [2.05, 4.69) is 45.8 Å². The highest BCUT2D eigenvalue weighted by molar-refractivity contribution is 9.10. The molecule has 0 bridgehead atoms. The second kappa shape index (κ2) is 6.02. The van der Waals surface area contributed by atoms with E-state index in [1.807, 2.05) is 36.2 Å². The van der Waals surface area contributed by atoms with E-state index in [0.29, 0.717) is 5.56 Å². The monoisotopic (exact) mass is 330 g/mol. The Morgan fingerprint density at radius 3 is 2.60 bits per heavy atom. The number of nitrogens with zero attached hydrogens (tertiary/aromatic N) is 4. The van der Waals surface area contributed by atoms with Crippen molar-refractivity contribution in [1.29, 1.82) is 5.26 Å². The molecule has 0 fully saturated rings. The molecule has 0 spiro atoms. The van der Waals surface area contributed by atoms with E-state index in [9.17, 15) is 5.26 Å². The van der Waals surface area contributed by atoms with Crippen LogP contribution in [-0.4, -0.2) is 17.0 Å². The summed E-state index contributed by atoms with van der Waals surface area (Å²) in [6.45, 7) is 4.10. The van der Waals surface area contributed by atoms with Gasteiger partial charge >= 0.3 is 0 Å². The van der Waals surface area contributed by atoms with Gasteiger partial charge < -0.3 is 4.90 Å². The molecule has 0 unspecified atom stereocenters. The minimum absolute atomic E-state index is 0.242. The molecule has 0 amide bonds. The Bertz CT molecular complexity index is 661. The molecule has 0 saturated heterocycles. The quantitative estimate of drug-likeness (QED) is 0.798. The van der Waals surface area contributed by atoms with Crippen molar-refractivity contribution in [3.63, 3.8) is 0 Å². The second-order valence-electron chi connectivity index (χ2n) is 4.75. The van der Waals surface area contributed by atoms with Crippen LogP contribution in [0.15, 0.2) is 34.9 Å². The number of hydrogen-bond acceptors (Lipinski definition) is 4. The first-order valence-corrected chi connectivity index (χ1v) is 7.09. The second-order valence-corrected chi connectivity index (χ2v) is 5.56. The maximum atomic E-state index is 9.19. The predicted octanol–water partition coefficient (Wildman–Crippen LogP) is 4.00. The van der Waals surface area contributed by atoms with E-state index in [1.54, 1.807) is 6.07 Å². The molecule has 2 rings (SSSR count). The fraction of sp³-hybridized carbons (Fsp3) is 0.267. The number of rotatable bonds is 3. The van der Waals surface area contributed by atoms with E-state index in [1.165, 1.54) is 0 Å². The Morgan fingerprint density at radius 2 is 1.95 bits per heavy atom. The number of nitriles is 1. The van der Waals surface area contributed by atoms with Crippen molar-refractivity contribution in [3.05, 3.63) is 46.3 Å². The smallest absolute Gasteiger partial charge is 0.137 e. The topological polar surface area (TPSA) is 52.8 Å². The van der Waals surface area contributed by atoms with E-state index in [0.717, 1.165) is 21.9 Å². The van der Waals surface area contributed by atoms with Gasteiger partial charge in [0.05, 0.1) is 11.3 Å². The van der Waals surface area contributed by atoms with Crippen LogP contribution >= 0.6 is 15.9 Å². The summed E-state index contributed by atoms with van der Waals surface area (Å²) in [6, 6.07) is 11.5. The van der Waals surface area contributed by atoms with Gasteiger partial charge in [-0.1, -0.05) is 26.0 Å². The highest BCUT2D eigenvalue weighted by Gasteiger charge is 2.13. The molecular formula is C15H15BrN4. The van der Waals surface area contributed by atoms with Crippen LogP contribution in [0, 0.1) is 11.3 Å². The maximum Gasteiger partial charge on any atom is 0.137 e. The molecule has 1 aromatic carbocycles. The normalized spacial score (nSPS) is 10.4. The minimum Gasteiger partial charge on any atom is -0.328 e. The fourth-order valence-electron chi connectivity index (χ4n) is 1.84. The third-order valence-corrected chi connectivity index (χ3v) is 3.35. The first kappa shape index (κ1) is 14.5. The Kier molecular flexibility index (Phi) is 4.35. The summed E-state index contributed by atoms with van der Waals surface area (Å²) in [7, 11) is 1.90. The Hall–Kier alpha value is -1.93. The summed E-state index contributed by atoms with van der Waals surface area (Å²) in [5.41, 5.74) is 1.45. The fourth-order valence-corrected chi connectivity index (χ4v) is 2.22. The van der Waals surface area contributed by atoms with Crippen molar-refractivity contribution in [2.45, 2.75) is 19.8 Å². The summed E-state index contributed by atoms with van der Waals surface area (Å²) in [5.74, 6) is 1.78. The van der Waals surface area contributed by atoms with Gasteiger partial charge in [-0.15, -0.1) is 0 Å². The van der Waals surface area contributed by atoms with Gasteiger partial charge in [-0.2, -0.15) is 5.26 Å². The van der Waals surface area contributed by atoms with Gasteiger partial charge in [0.2, 0.25) is 0 Å².